The second kappa shape index (κ2) is 7.16. The molecule has 0 bridgehead atoms. The molecule has 0 fully saturated rings. The minimum atomic E-state index is 0. The van der Waals surface area contributed by atoms with Crippen LogP contribution in [0.15, 0.2) is 18.2 Å². The summed E-state index contributed by atoms with van der Waals surface area (Å²) in [6, 6.07) is 6.02. The third kappa shape index (κ3) is 4.32. The van der Waals surface area contributed by atoms with Crippen molar-refractivity contribution in [2.45, 2.75) is 39.7 Å². The number of aryl methyl sites for hydroxylation is 1. The van der Waals surface area contributed by atoms with Crippen molar-refractivity contribution < 1.29 is 0 Å². The van der Waals surface area contributed by atoms with Gasteiger partial charge in [-0.1, -0.05) is 37.6 Å². The van der Waals surface area contributed by atoms with E-state index in [2.05, 4.69) is 26.8 Å². The molecule has 16 heavy (non-hydrogen) atoms. The third-order valence-electron chi connectivity index (χ3n) is 2.70. The molecule has 0 heterocycles. The molecule has 1 aromatic carbocycles. The van der Waals surface area contributed by atoms with Crippen molar-refractivity contribution in [3.8, 4) is 0 Å². The smallest absolute Gasteiger partial charge is 0.0456 e. The molecule has 0 spiro atoms. The predicted molar refractivity (Wildman–Crippen MR) is 74.4 cm³/mol. The van der Waals surface area contributed by atoms with E-state index in [-0.39, 0.29) is 18.4 Å². The van der Waals surface area contributed by atoms with Gasteiger partial charge in [-0.25, -0.2) is 0 Å². The summed E-state index contributed by atoms with van der Waals surface area (Å²) in [5.74, 6) is 0.693. The summed E-state index contributed by atoms with van der Waals surface area (Å²) in [4.78, 5) is 0. The van der Waals surface area contributed by atoms with E-state index in [1.165, 1.54) is 5.56 Å². The molecule has 1 aromatic rings. The lowest BCUT2D eigenvalue weighted by molar-refractivity contribution is 0.506. The number of hydrogen-bond acceptors (Lipinski definition) is 1. The van der Waals surface area contributed by atoms with Gasteiger partial charge < -0.3 is 5.73 Å². The van der Waals surface area contributed by atoms with E-state index < -0.39 is 0 Å². The second-order valence-corrected chi connectivity index (χ2v) is 4.96. The number of nitrogens with two attached hydrogens (primary N) is 1. The first-order chi connectivity index (χ1) is 7.02. The van der Waals surface area contributed by atoms with Gasteiger partial charge in [0.25, 0.3) is 0 Å². The van der Waals surface area contributed by atoms with Crippen molar-refractivity contribution in [3.63, 3.8) is 0 Å². The maximum absolute atomic E-state index is 6.16. The van der Waals surface area contributed by atoms with Gasteiger partial charge in [-0.15, -0.1) is 12.4 Å². The molecular weight excluding hydrogens is 241 g/mol. The van der Waals surface area contributed by atoms with Crippen LogP contribution in [0.1, 0.15) is 43.9 Å². The fourth-order valence-corrected chi connectivity index (χ4v) is 2.13. The van der Waals surface area contributed by atoms with Crippen LogP contribution in [0.5, 0.6) is 0 Å². The molecule has 0 aliphatic rings. The van der Waals surface area contributed by atoms with Crippen molar-refractivity contribution in [3.05, 3.63) is 34.3 Å². The SMILES string of the molecule is Cc1cccc(Cl)c1[C@H](N)CCC(C)C.Cl. The van der Waals surface area contributed by atoms with E-state index in [0.29, 0.717) is 5.92 Å². The lowest BCUT2D eigenvalue weighted by Crippen LogP contribution is -2.13. The van der Waals surface area contributed by atoms with Crippen LogP contribution in [0, 0.1) is 12.8 Å². The second-order valence-electron chi connectivity index (χ2n) is 4.55. The monoisotopic (exact) mass is 261 g/mol. The summed E-state index contributed by atoms with van der Waals surface area (Å²) in [6.45, 7) is 6.49. The molecule has 1 rings (SSSR count). The number of halogens is 2. The molecular formula is C13H21Cl2N. The topological polar surface area (TPSA) is 26.0 Å². The zero-order valence-electron chi connectivity index (χ0n) is 10.2. The zero-order valence-corrected chi connectivity index (χ0v) is 11.7. The Morgan fingerprint density at radius 3 is 2.38 bits per heavy atom. The average Bonchev–Trinajstić information content (AvgIpc) is 2.14. The van der Waals surface area contributed by atoms with Crippen molar-refractivity contribution in [2.24, 2.45) is 11.7 Å². The van der Waals surface area contributed by atoms with Crippen LogP contribution in [0.3, 0.4) is 0 Å². The van der Waals surface area contributed by atoms with E-state index in [1.54, 1.807) is 0 Å². The molecule has 0 aliphatic carbocycles. The van der Waals surface area contributed by atoms with Gasteiger partial charge in [-0.3, -0.25) is 0 Å². The number of hydrogen-bond donors (Lipinski definition) is 1. The molecule has 0 radical (unpaired) electrons. The van der Waals surface area contributed by atoms with Gasteiger partial charge in [-0.05, 0) is 42.9 Å². The molecule has 3 heteroatoms. The van der Waals surface area contributed by atoms with Gasteiger partial charge in [0.2, 0.25) is 0 Å². The first-order valence-corrected chi connectivity index (χ1v) is 5.90. The number of benzene rings is 1. The quantitative estimate of drug-likeness (QED) is 0.849. The lowest BCUT2D eigenvalue weighted by atomic mass is 9.95. The molecule has 2 N–H and O–H groups in total. The standard InChI is InChI=1S/C13H20ClN.ClH/c1-9(2)7-8-12(15)13-10(3)5-4-6-11(13)14;/h4-6,9,12H,7-8,15H2,1-3H3;1H/t12-;/m1./s1. The van der Waals surface area contributed by atoms with E-state index in [9.17, 15) is 0 Å². The molecule has 0 aromatic heterocycles. The Labute approximate surface area is 110 Å². The van der Waals surface area contributed by atoms with E-state index in [4.69, 9.17) is 17.3 Å². The Balaban J connectivity index is 0.00000225. The van der Waals surface area contributed by atoms with Crippen LogP contribution in [0.2, 0.25) is 5.02 Å². The third-order valence-corrected chi connectivity index (χ3v) is 3.03. The molecule has 0 aliphatic heterocycles. The molecule has 1 atom stereocenters. The summed E-state index contributed by atoms with van der Waals surface area (Å²) < 4.78 is 0. The van der Waals surface area contributed by atoms with Gasteiger partial charge in [-0.2, -0.15) is 0 Å². The first kappa shape index (κ1) is 15.8. The van der Waals surface area contributed by atoms with Crippen LogP contribution in [-0.2, 0) is 0 Å². The maximum Gasteiger partial charge on any atom is 0.0456 e. The van der Waals surface area contributed by atoms with Crippen LogP contribution in [0.4, 0.5) is 0 Å². The molecule has 0 unspecified atom stereocenters. The normalized spacial score (nSPS) is 12.4. The summed E-state index contributed by atoms with van der Waals surface area (Å²) in [6.07, 6.45) is 2.15. The largest absolute Gasteiger partial charge is 0.324 e. The maximum atomic E-state index is 6.16. The van der Waals surface area contributed by atoms with Gasteiger partial charge in [0.1, 0.15) is 0 Å². The Morgan fingerprint density at radius 1 is 1.25 bits per heavy atom. The average molecular weight is 262 g/mol. The van der Waals surface area contributed by atoms with E-state index in [1.807, 2.05) is 12.1 Å². The Hall–Kier alpha value is -0.240. The van der Waals surface area contributed by atoms with Crippen LogP contribution >= 0.6 is 24.0 Å². The van der Waals surface area contributed by atoms with Gasteiger partial charge >= 0.3 is 0 Å². The molecule has 92 valence electrons. The highest BCUT2D eigenvalue weighted by Crippen LogP contribution is 2.28. The Bertz CT molecular complexity index is 303. The van der Waals surface area contributed by atoms with Gasteiger partial charge in [0.15, 0.2) is 0 Å². The summed E-state index contributed by atoms with van der Waals surface area (Å²) in [5, 5.41) is 0.797. The van der Waals surface area contributed by atoms with Gasteiger partial charge in [0.05, 0.1) is 0 Å². The summed E-state index contributed by atoms with van der Waals surface area (Å²) in [7, 11) is 0. The number of rotatable bonds is 4. The molecule has 0 amide bonds. The zero-order chi connectivity index (χ0) is 11.4. The fraction of sp³-hybridized carbons (Fsp3) is 0.538. The van der Waals surface area contributed by atoms with Crippen LogP contribution in [0.25, 0.3) is 0 Å². The van der Waals surface area contributed by atoms with Crippen LogP contribution < -0.4 is 5.73 Å². The highest BCUT2D eigenvalue weighted by molar-refractivity contribution is 6.31. The fourth-order valence-electron chi connectivity index (χ4n) is 1.77. The van der Waals surface area contributed by atoms with Crippen molar-refractivity contribution in [1.82, 2.24) is 0 Å². The van der Waals surface area contributed by atoms with Crippen molar-refractivity contribution in [2.75, 3.05) is 0 Å². The first-order valence-electron chi connectivity index (χ1n) is 5.53. The van der Waals surface area contributed by atoms with Crippen molar-refractivity contribution in [1.29, 1.82) is 0 Å². The van der Waals surface area contributed by atoms with Crippen molar-refractivity contribution >= 4 is 24.0 Å². The molecule has 0 saturated heterocycles. The molecule has 0 saturated carbocycles. The van der Waals surface area contributed by atoms with Crippen LogP contribution in [-0.4, -0.2) is 0 Å². The Kier molecular flexibility index (Phi) is 7.05. The van der Waals surface area contributed by atoms with E-state index >= 15 is 0 Å². The summed E-state index contributed by atoms with van der Waals surface area (Å²) >= 11 is 6.16. The predicted octanol–water partition coefficient (Wildman–Crippen LogP) is 4.51. The van der Waals surface area contributed by atoms with E-state index in [0.717, 1.165) is 23.4 Å². The molecule has 1 nitrogen and oxygen atoms in total. The van der Waals surface area contributed by atoms with Gasteiger partial charge in [0, 0.05) is 11.1 Å². The minimum Gasteiger partial charge on any atom is -0.324 e. The lowest BCUT2D eigenvalue weighted by Gasteiger charge is -2.17. The minimum absolute atomic E-state index is 0. The summed E-state index contributed by atoms with van der Waals surface area (Å²) in [5.41, 5.74) is 8.46. The Morgan fingerprint density at radius 2 is 1.88 bits per heavy atom. The highest BCUT2D eigenvalue weighted by Gasteiger charge is 2.12. The highest BCUT2D eigenvalue weighted by atomic mass is 35.5.